The minimum Gasteiger partial charge on any atom is -0.444 e. The van der Waals surface area contributed by atoms with Crippen LogP contribution in [0.3, 0.4) is 0 Å². The fraction of sp³-hybridized carbons (Fsp3) is 0.569. The Balaban J connectivity index is 0.983. The Bertz CT molecular complexity index is 2400. The second kappa shape index (κ2) is 18.0. The van der Waals surface area contributed by atoms with Crippen LogP contribution >= 0.6 is 0 Å². The van der Waals surface area contributed by atoms with E-state index in [1.54, 1.807) is 20.8 Å². The Labute approximate surface area is 383 Å². The van der Waals surface area contributed by atoms with Crippen LogP contribution in [0, 0.1) is 17.8 Å². The molecule has 14 heteroatoms. The lowest BCUT2D eigenvalue weighted by Crippen LogP contribution is -2.52. The summed E-state index contributed by atoms with van der Waals surface area (Å²) in [7, 11) is 0. The maximum atomic E-state index is 14.0. The Morgan fingerprint density at radius 1 is 0.646 bits per heavy atom. The van der Waals surface area contributed by atoms with Gasteiger partial charge in [-0.05, 0) is 138 Å². The van der Waals surface area contributed by atoms with Gasteiger partial charge in [-0.3, -0.25) is 9.59 Å². The van der Waals surface area contributed by atoms with Crippen molar-refractivity contribution in [3.8, 4) is 33.6 Å². The fourth-order valence-corrected chi connectivity index (χ4v) is 10.3. The molecule has 2 saturated heterocycles. The largest absolute Gasteiger partial charge is 0.444 e. The van der Waals surface area contributed by atoms with Crippen molar-refractivity contribution in [1.29, 1.82) is 0 Å². The van der Waals surface area contributed by atoms with Gasteiger partial charge < -0.3 is 39.9 Å². The smallest absolute Gasteiger partial charge is 0.408 e. The molecule has 4 aromatic rings. The molecule has 348 valence electrons. The number of nitrogens with one attached hydrogen (secondary N) is 4. The third-order valence-corrected chi connectivity index (χ3v) is 13.5. The summed E-state index contributed by atoms with van der Waals surface area (Å²) in [4.78, 5) is 73.9. The molecule has 1 saturated carbocycles. The van der Waals surface area contributed by atoms with E-state index < -0.39 is 35.5 Å². The standard InChI is InChI=1S/C51H68N8O6/c1-28(2)42(56-48(62)64-50(5,6)7)46(60)58-23-11-13-39(58)44-52-26-37(54-44)31-17-15-30(16-18-31)33-21-22-35(41-34-20-19-32(34)25-36(33)41)38-27-53-45(55-38)40-14-12-24-59(40)47(61)43(29(3)4)57-49(63)65-51(8,9)10/h15-18,21-22,26-29,32,34,39-40,42-43H,11-14,19-20,23-25H2,1-10H3,(H,52,54)(H,53,55)(H,56,62)(H,57,63)/t32?,34?,39?,40?,42-,43-/m0/s1. The SMILES string of the molecule is CC(C)[C@H](NC(=O)OC(C)(C)C)C(=O)N1CCCC1c1ncc(-c2ccc(-c3ccc(-c4cnc(C5CCCN5C(=O)[C@@H](NC(=O)OC(C)(C)C)C(C)C)[nH]4)c4c3CC3CCC43)cc2)[nH]1. The predicted molar refractivity (Wildman–Crippen MR) is 250 cm³/mol. The molecule has 0 spiro atoms. The van der Waals surface area contributed by atoms with Gasteiger partial charge >= 0.3 is 12.2 Å². The monoisotopic (exact) mass is 889 g/mol. The summed E-state index contributed by atoms with van der Waals surface area (Å²) in [6.45, 7) is 19.8. The molecule has 0 bridgehead atoms. The molecule has 4 aliphatic rings. The lowest BCUT2D eigenvalue weighted by Gasteiger charge is -2.31. The minimum atomic E-state index is -0.713. The van der Waals surface area contributed by atoms with Crippen molar-refractivity contribution in [3.63, 3.8) is 0 Å². The molecule has 4 N–H and O–H groups in total. The van der Waals surface area contributed by atoms with Crippen LogP contribution in [0.15, 0.2) is 48.8 Å². The summed E-state index contributed by atoms with van der Waals surface area (Å²) >= 11 is 0. The molecule has 2 aromatic heterocycles. The van der Waals surface area contributed by atoms with Gasteiger partial charge in [-0.1, -0.05) is 64.1 Å². The zero-order chi connectivity index (χ0) is 46.5. The highest BCUT2D eigenvalue weighted by Gasteiger charge is 2.43. The number of alkyl carbamates (subject to hydrolysis) is 2. The van der Waals surface area contributed by atoms with Gasteiger partial charge in [0.15, 0.2) is 0 Å². The fourth-order valence-electron chi connectivity index (χ4n) is 10.3. The number of imidazole rings is 2. The molecule has 4 unspecified atom stereocenters. The number of ether oxygens (including phenoxy) is 2. The number of amides is 4. The zero-order valence-corrected chi connectivity index (χ0v) is 39.8. The number of H-pyrrole nitrogens is 2. The van der Waals surface area contributed by atoms with Crippen LogP contribution in [-0.2, 0) is 25.5 Å². The van der Waals surface area contributed by atoms with Crippen molar-refractivity contribution in [2.75, 3.05) is 13.1 Å². The molecule has 0 radical (unpaired) electrons. The molecule has 2 aliphatic heterocycles. The zero-order valence-electron chi connectivity index (χ0n) is 39.8. The van der Waals surface area contributed by atoms with Gasteiger partial charge in [-0.25, -0.2) is 19.6 Å². The lowest BCUT2D eigenvalue weighted by atomic mass is 9.73. The van der Waals surface area contributed by atoms with E-state index in [1.165, 1.54) is 35.1 Å². The molecule has 4 heterocycles. The average molecular weight is 889 g/mol. The van der Waals surface area contributed by atoms with Crippen molar-refractivity contribution >= 4 is 24.0 Å². The molecule has 14 nitrogen and oxygen atoms in total. The first-order valence-corrected chi connectivity index (χ1v) is 23.7. The summed E-state index contributed by atoms with van der Waals surface area (Å²) < 4.78 is 11.0. The van der Waals surface area contributed by atoms with Crippen molar-refractivity contribution < 1.29 is 28.7 Å². The third-order valence-electron chi connectivity index (χ3n) is 13.5. The minimum absolute atomic E-state index is 0.119. The molecule has 2 aliphatic carbocycles. The van der Waals surface area contributed by atoms with E-state index in [9.17, 15) is 19.2 Å². The van der Waals surface area contributed by atoms with Crippen LogP contribution in [0.1, 0.15) is 149 Å². The summed E-state index contributed by atoms with van der Waals surface area (Å²) in [5, 5.41) is 5.67. The number of carbonyl (C=O) groups is 4. The topological polar surface area (TPSA) is 175 Å². The summed E-state index contributed by atoms with van der Waals surface area (Å²) in [6, 6.07) is 11.3. The first-order chi connectivity index (χ1) is 30.8. The van der Waals surface area contributed by atoms with Crippen LogP contribution < -0.4 is 10.6 Å². The number of hydrogen-bond donors (Lipinski definition) is 4. The van der Waals surface area contributed by atoms with E-state index in [1.807, 2.05) is 70.7 Å². The highest BCUT2D eigenvalue weighted by atomic mass is 16.6. The van der Waals surface area contributed by atoms with Crippen molar-refractivity contribution in [2.45, 2.75) is 155 Å². The maximum Gasteiger partial charge on any atom is 0.408 e. The van der Waals surface area contributed by atoms with E-state index in [0.29, 0.717) is 24.9 Å². The molecular formula is C51H68N8O6. The number of aromatic amines is 2. The maximum absolute atomic E-state index is 14.0. The van der Waals surface area contributed by atoms with Gasteiger partial charge in [0, 0.05) is 18.7 Å². The molecule has 2 aromatic carbocycles. The second-order valence-electron chi connectivity index (χ2n) is 21.3. The van der Waals surface area contributed by atoms with E-state index in [4.69, 9.17) is 19.4 Å². The van der Waals surface area contributed by atoms with Crippen molar-refractivity contribution in [1.82, 2.24) is 40.4 Å². The molecule has 3 fully saturated rings. The number of fused-ring (bicyclic) bond motifs is 3. The number of carbonyl (C=O) groups excluding carboxylic acids is 4. The summed E-state index contributed by atoms with van der Waals surface area (Å²) in [5.41, 5.74) is 7.92. The van der Waals surface area contributed by atoms with Gasteiger partial charge in [-0.15, -0.1) is 0 Å². The summed E-state index contributed by atoms with van der Waals surface area (Å²) in [6.07, 6.45) is 9.30. The summed E-state index contributed by atoms with van der Waals surface area (Å²) in [5.74, 6) is 2.15. The first kappa shape index (κ1) is 45.9. The van der Waals surface area contributed by atoms with Crippen LogP contribution in [0.5, 0.6) is 0 Å². The normalized spacial score (nSPS) is 21.5. The van der Waals surface area contributed by atoms with E-state index in [-0.39, 0.29) is 35.7 Å². The highest BCUT2D eigenvalue weighted by molar-refractivity contribution is 5.87. The van der Waals surface area contributed by atoms with Gasteiger partial charge in [-0.2, -0.15) is 0 Å². The van der Waals surface area contributed by atoms with E-state index >= 15 is 0 Å². The Kier molecular flexibility index (Phi) is 12.7. The lowest BCUT2D eigenvalue weighted by molar-refractivity contribution is -0.136. The highest BCUT2D eigenvalue weighted by Crippen LogP contribution is 2.56. The van der Waals surface area contributed by atoms with Crippen LogP contribution in [0.4, 0.5) is 9.59 Å². The quantitative estimate of drug-likeness (QED) is 0.115. The molecule has 8 rings (SSSR count). The first-order valence-electron chi connectivity index (χ1n) is 23.7. The van der Waals surface area contributed by atoms with E-state index in [0.717, 1.165) is 66.3 Å². The second-order valence-corrected chi connectivity index (χ2v) is 21.3. The van der Waals surface area contributed by atoms with Gasteiger partial charge in [0.05, 0.1) is 35.9 Å². The number of nitrogens with zero attached hydrogens (tertiary/aromatic N) is 4. The van der Waals surface area contributed by atoms with E-state index in [2.05, 4.69) is 57.0 Å². The molecule has 6 atom stereocenters. The van der Waals surface area contributed by atoms with Gasteiger partial charge in [0.2, 0.25) is 11.8 Å². The van der Waals surface area contributed by atoms with Gasteiger partial charge in [0.25, 0.3) is 0 Å². The number of likely N-dealkylation sites (tertiary alicyclic amines) is 2. The van der Waals surface area contributed by atoms with Crippen LogP contribution in [0.25, 0.3) is 33.6 Å². The number of hydrogen-bond acceptors (Lipinski definition) is 8. The Morgan fingerprint density at radius 2 is 1.12 bits per heavy atom. The van der Waals surface area contributed by atoms with Crippen LogP contribution in [0.2, 0.25) is 0 Å². The Hall–Kier alpha value is -5.66. The Morgan fingerprint density at radius 3 is 1.60 bits per heavy atom. The number of aromatic nitrogens is 4. The molecule has 4 amide bonds. The predicted octanol–water partition coefficient (Wildman–Crippen LogP) is 9.61. The van der Waals surface area contributed by atoms with Crippen LogP contribution in [-0.4, -0.2) is 90.1 Å². The van der Waals surface area contributed by atoms with Crippen molar-refractivity contribution in [2.24, 2.45) is 17.8 Å². The molecular weight excluding hydrogens is 821 g/mol. The van der Waals surface area contributed by atoms with Gasteiger partial charge in [0.1, 0.15) is 34.9 Å². The third kappa shape index (κ3) is 9.68. The number of rotatable bonds is 11. The van der Waals surface area contributed by atoms with Crippen molar-refractivity contribution in [3.05, 3.63) is 71.6 Å². The molecule has 65 heavy (non-hydrogen) atoms. The number of benzene rings is 2. The average Bonchev–Trinajstić information content (AvgIpc) is 4.07.